The maximum Gasteiger partial charge on any atom is 0.289 e. The molecule has 1 rings (SSSR count). The Morgan fingerprint density at radius 1 is 1.14 bits per heavy atom. The predicted molar refractivity (Wildman–Crippen MR) is 89.6 cm³/mol. The van der Waals surface area contributed by atoms with Crippen LogP contribution in [0.4, 0.5) is 0 Å². The van der Waals surface area contributed by atoms with Crippen molar-refractivity contribution in [1.82, 2.24) is 10.6 Å². The van der Waals surface area contributed by atoms with E-state index in [1.807, 2.05) is 65.0 Å². The SMILES string of the molecule is CCCC(NC(C)(C)C)C(=O)C(=O)NC(C)c1ccccc1. The molecule has 0 aliphatic carbocycles. The molecular formula is C18H28N2O2. The Hall–Kier alpha value is -1.68. The van der Waals surface area contributed by atoms with Crippen LogP contribution in [-0.4, -0.2) is 23.3 Å². The van der Waals surface area contributed by atoms with Gasteiger partial charge in [-0.15, -0.1) is 0 Å². The van der Waals surface area contributed by atoms with Crippen LogP contribution in [-0.2, 0) is 9.59 Å². The summed E-state index contributed by atoms with van der Waals surface area (Å²) in [7, 11) is 0. The Labute approximate surface area is 133 Å². The van der Waals surface area contributed by atoms with Crippen molar-refractivity contribution in [3.8, 4) is 0 Å². The van der Waals surface area contributed by atoms with Crippen LogP contribution in [0.5, 0.6) is 0 Å². The van der Waals surface area contributed by atoms with Crippen molar-refractivity contribution in [3.05, 3.63) is 35.9 Å². The minimum atomic E-state index is -0.522. The Kier molecular flexibility index (Phi) is 6.75. The van der Waals surface area contributed by atoms with Crippen molar-refractivity contribution < 1.29 is 9.59 Å². The van der Waals surface area contributed by atoms with E-state index in [9.17, 15) is 9.59 Å². The summed E-state index contributed by atoms with van der Waals surface area (Å²) in [6.07, 6.45) is 1.50. The van der Waals surface area contributed by atoms with Gasteiger partial charge in [0.25, 0.3) is 5.91 Å². The zero-order valence-electron chi connectivity index (χ0n) is 14.3. The zero-order valence-corrected chi connectivity index (χ0v) is 14.3. The van der Waals surface area contributed by atoms with Gasteiger partial charge >= 0.3 is 0 Å². The third-order valence-corrected chi connectivity index (χ3v) is 3.37. The van der Waals surface area contributed by atoms with Crippen LogP contribution in [0.25, 0.3) is 0 Å². The third-order valence-electron chi connectivity index (χ3n) is 3.37. The molecular weight excluding hydrogens is 276 g/mol. The van der Waals surface area contributed by atoms with Crippen molar-refractivity contribution in [3.63, 3.8) is 0 Å². The molecule has 4 heteroatoms. The number of carbonyl (C=O) groups excluding carboxylic acids is 2. The van der Waals surface area contributed by atoms with E-state index < -0.39 is 11.9 Å². The van der Waals surface area contributed by atoms with Gasteiger partial charge in [-0.05, 0) is 39.7 Å². The normalized spacial score (nSPS) is 14.2. The van der Waals surface area contributed by atoms with Gasteiger partial charge in [0.05, 0.1) is 12.1 Å². The summed E-state index contributed by atoms with van der Waals surface area (Å²) in [5.41, 5.74) is 0.778. The first-order valence-corrected chi connectivity index (χ1v) is 7.92. The zero-order chi connectivity index (χ0) is 16.8. The summed E-state index contributed by atoms with van der Waals surface area (Å²) in [4.78, 5) is 24.6. The molecule has 122 valence electrons. The quantitative estimate of drug-likeness (QED) is 0.761. The van der Waals surface area contributed by atoms with Gasteiger partial charge in [0.15, 0.2) is 0 Å². The van der Waals surface area contributed by atoms with E-state index in [4.69, 9.17) is 0 Å². The number of Topliss-reactive ketones (excluding diaryl/α,β-unsaturated/α-hetero) is 1. The second kappa shape index (κ2) is 8.08. The standard InChI is InChI=1S/C18H28N2O2/c1-6-10-15(20-18(3,4)5)16(21)17(22)19-13(2)14-11-8-7-9-12-14/h7-9,11-13,15,20H,6,10H2,1-5H3,(H,19,22). The van der Waals surface area contributed by atoms with Gasteiger partial charge in [0.2, 0.25) is 5.78 Å². The van der Waals surface area contributed by atoms with Gasteiger partial charge in [-0.1, -0.05) is 43.7 Å². The average molecular weight is 304 g/mol. The Morgan fingerprint density at radius 3 is 2.23 bits per heavy atom. The fourth-order valence-corrected chi connectivity index (χ4v) is 2.33. The maximum absolute atomic E-state index is 12.4. The molecule has 4 nitrogen and oxygen atoms in total. The van der Waals surface area contributed by atoms with Crippen LogP contribution >= 0.6 is 0 Å². The van der Waals surface area contributed by atoms with Crippen LogP contribution < -0.4 is 10.6 Å². The van der Waals surface area contributed by atoms with E-state index in [1.165, 1.54) is 0 Å². The molecule has 0 bridgehead atoms. The second-order valence-corrected chi connectivity index (χ2v) is 6.71. The number of ketones is 1. The smallest absolute Gasteiger partial charge is 0.289 e. The summed E-state index contributed by atoms with van der Waals surface area (Å²) >= 11 is 0. The number of hydrogen-bond acceptors (Lipinski definition) is 3. The van der Waals surface area contributed by atoms with Crippen molar-refractivity contribution in [2.75, 3.05) is 0 Å². The van der Waals surface area contributed by atoms with Crippen molar-refractivity contribution >= 4 is 11.7 Å². The topological polar surface area (TPSA) is 58.2 Å². The molecule has 0 saturated carbocycles. The average Bonchev–Trinajstić information content (AvgIpc) is 2.45. The molecule has 2 N–H and O–H groups in total. The van der Waals surface area contributed by atoms with Gasteiger partial charge < -0.3 is 10.6 Å². The monoisotopic (exact) mass is 304 g/mol. The lowest BCUT2D eigenvalue weighted by atomic mass is 10.0. The number of carbonyl (C=O) groups is 2. The molecule has 1 aromatic carbocycles. The fraction of sp³-hybridized carbons (Fsp3) is 0.556. The first-order chi connectivity index (χ1) is 10.2. The number of hydrogen-bond donors (Lipinski definition) is 2. The van der Waals surface area contributed by atoms with E-state index in [2.05, 4.69) is 10.6 Å². The van der Waals surface area contributed by atoms with Gasteiger partial charge in [-0.3, -0.25) is 9.59 Å². The number of amides is 1. The Morgan fingerprint density at radius 2 is 1.73 bits per heavy atom. The molecule has 0 radical (unpaired) electrons. The van der Waals surface area contributed by atoms with E-state index in [0.717, 1.165) is 12.0 Å². The highest BCUT2D eigenvalue weighted by Crippen LogP contribution is 2.12. The van der Waals surface area contributed by atoms with Gasteiger partial charge in [0, 0.05) is 5.54 Å². The number of nitrogens with one attached hydrogen (secondary N) is 2. The minimum Gasteiger partial charge on any atom is -0.343 e. The van der Waals surface area contributed by atoms with Crippen molar-refractivity contribution in [2.45, 2.75) is 65.1 Å². The summed E-state index contributed by atoms with van der Waals surface area (Å²) < 4.78 is 0. The molecule has 2 unspecified atom stereocenters. The molecule has 22 heavy (non-hydrogen) atoms. The largest absolute Gasteiger partial charge is 0.343 e. The minimum absolute atomic E-state index is 0.186. The van der Waals surface area contributed by atoms with Crippen molar-refractivity contribution in [2.24, 2.45) is 0 Å². The number of benzene rings is 1. The maximum atomic E-state index is 12.4. The van der Waals surface area contributed by atoms with Gasteiger partial charge in [-0.25, -0.2) is 0 Å². The first-order valence-electron chi connectivity index (χ1n) is 7.92. The van der Waals surface area contributed by atoms with E-state index in [-0.39, 0.29) is 17.4 Å². The molecule has 0 saturated heterocycles. The highest BCUT2D eigenvalue weighted by molar-refractivity contribution is 6.38. The van der Waals surface area contributed by atoms with Crippen LogP contribution in [0, 0.1) is 0 Å². The van der Waals surface area contributed by atoms with Crippen LogP contribution in [0.1, 0.15) is 59.1 Å². The first kappa shape index (κ1) is 18.4. The Balaban J connectivity index is 2.71. The molecule has 0 spiro atoms. The third kappa shape index (κ3) is 5.98. The lowest BCUT2D eigenvalue weighted by molar-refractivity contribution is -0.139. The fourth-order valence-electron chi connectivity index (χ4n) is 2.33. The highest BCUT2D eigenvalue weighted by atomic mass is 16.2. The molecule has 1 amide bonds. The highest BCUT2D eigenvalue weighted by Gasteiger charge is 2.28. The Bertz CT molecular complexity index is 492. The van der Waals surface area contributed by atoms with Gasteiger partial charge in [0.1, 0.15) is 0 Å². The summed E-state index contributed by atoms with van der Waals surface area (Å²) in [5, 5.41) is 6.03. The summed E-state index contributed by atoms with van der Waals surface area (Å²) in [5.74, 6) is -0.911. The molecule has 0 heterocycles. The van der Waals surface area contributed by atoms with Crippen LogP contribution in [0.15, 0.2) is 30.3 Å². The van der Waals surface area contributed by atoms with E-state index in [0.29, 0.717) is 6.42 Å². The van der Waals surface area contributed by atoms with Crippen molar-refractivity contribution in [1.29, 1.82) is 0 Å². The summed E-state index contributed by atoms with van der Waals surface area (Å²) in [6, 6.07) is 9.01. The molecule has 0 aliphatic rings. The van der Waals surface area contributed by atoms with Crippen LogP contribution in [0.2, 0.25) is 0 Å². The van der Waals surface area contributed by atoms with Gasteiger partial charge in [-0.2, -0.15) is 0 Å². The second-order valence-electron chi connectivity index (χ2n) is 6.71. The molecule has 0 aromatic heterocycles. The molecule has 0 aliphatic heterocycles. The molecule has 2 atom stereocenters. The molecule has 1 aromatic rings. The van der Waals surface area contributed by atoms with Crippen LogP contribution in [0.3, 0.4) is 0 Å². The lowest BCUT2D eigenvalue weighted by Crippen LogP contribution is -2.52. The summed E-state index contributed by atoms with van der Waals surface area (Å²) in [6.45, 7) is 9.87. The predicted octanol–water partition coefficient (Wildman–Crippen LogP) is 2.99. The number of rotatable bonds is 7. The van der Waals surface area contributed by atoms with E-state index >= 15 is 0 Å². The van der Waals surface area contributed by atoms with E-state index in [1.54, 1.807) is 0 Å². The molecule has 0 fully saturated rings. The lowest BCUT2D eigenvalue weighted by Gasteiger charge is -2.27.